The quantitative estimate of drug-likeness (QED) is 0.628. The van der Waals surface area contributed by atoms with Gasteiger partial charge in [-0.3, -0.25) is 9.59 Å². The van der Waals surface area contributed by atoms with E-state index >= 15 is 0 Å². The van der Waals surface area contributed by atoms with Crippen molar-refractivity contribution in [3.8, 4) is 0 Å². The largest absolute Gasteiger partial charge is 0.326 e. The van der Waals surface area contributed by atoms with Gasteiger partial charge in [-0.25, -0.2) is 13.1 Å². The zero-order chi connectivity index (χ0) is 20.7. The van der Waals surface area contributed by atoms with Crippen LogP contribution < -0.4 is 15.4 Å². The molecule has 0 aliphatic heterocycles. The number of benzene rings is 2. The Hall–Kier alpha value is -2.71. The zero-order valence-corrected chi connectivity index (χ0v) is 17.0. The molecule has 0 aliphatic rings. The molecule has 0 aliphatic carbocycles. The second-order valence-corrected chi connectivity index (χ2v) is 8.10. The van der Waals surface area contributed by atoms with Gasteiger partial charge in [-0.2, -0.15) is 0 Å². The molecular formula is C20H25N3O4S. The van der Waals surface area contributed by atoms with Crippen LogP contribution in [0.4, 0.5) is 11.4 Å². The van der Waals surface area contributed by atoms with Crippen LogP contribution in [0.15, 0.2) is 53.4 Å². The summed E-state index contributed by atoms with van der Waals surface area (Å²) in [5, 5.41) is 5.46. The minimum absolute atomic E-state index is 0.0883. The van der Waals surface area contributed by atoms with Gasteiger partial charge < -0.3 is 10.6 Å². The van der Waals surface area contributed by atoms with Gasteiger partial charge in [0.15, 0.2) is 0 Å². The lowest BCUT2D eigenvalue weighted by Crippen LogP contribution is -2.32. The highest BCUT2D eigenvalue weighted by molar-refractivity contribution is 7.89. The maximum Gasteiger partial charge on any atom is 0.255 e. The molecule has 28 heavy (non-hydrogen) atoms. The van der Waals surface area contributed by atoms with Crippen molar-refractivity contribution in [2.75, 3.05) is 10.6 Å². The van der Waals surface area contributed by atoms with E-state index in [4.69, 9.17) is 0 Å². The number of rotatable bonds is 8. The fraction of sp³-hybridized carbons (Fsp3) is 0.300. The van der Waals surface area contributed by atoms with Gasteiger partial charge >= 0.3 is 0 Å². The highest BCUT2D eigenvalue weighted by atomic mass is 32.2. The predicted molar refractivity (Wildman–Crippen MR) is 110 cm³/mol. The van der Waals surface area contributed by atoms with Crippen LogP contribution in [0.2, 0.25) is 0 Å². The van der Waals surface area contributed by atoms with Gasteiger partial charge in [0.1, 0.15) is 0 Å². The molecule has 0 saturated heterocycles. The lowest BCUT2D eigenvalue weighted by Gasteiger charge is -2.12. The fourth-order valence-corrected chi connectivity index (χ4v) is 3.62. The Kier molecular flexibility index (Phi) is 7.31. The first-order valence-corrected chi connectivity index (χ1v) is 10.6. The molecule has 1 atom stereocenters. The summed E-state index contributed by atoms with van der Waals surface area (Å²) in [5.41, 5.74) is 1.55. The molecule has 0 aromatic heterocycles. The second kappa shape index (κ2) is 9.48. The highest BCUT2D eigenvalue weighted by Gasteiger charge is 2.17. The summed E-state index contributed by atoms with van der Waals surface area (Å²) in [5.74, 6) is -0.446. The standard InChI is InChI=1S/C20H25N3O4S/c1-4-14(3)23-28(26,27)18-12-6-15(7-13-18)20(25)22-17-10-8-16(9-11-17)21-19(24)5-2/h6-14,23H,4-5H2,1-3H3,(H,21,24)(H,22,25). The van der Waals surface area contributed by atoms with Crippen LogP contribution in [-0.4, -0.2) is 26.3 Å². The first kappa shape index (κ1) is 21.6. The molecule has 3 N–H and O–H groups in total. The molecule has 0 heterocycles. The van der Waals surface area contributed by atoms with E-state index in [0.29, 0.717) is 29.8 Å². The van der Waals surface area contributed by atoms with Crippen LogP contribution in [0.1, 0.15) is 44.0 Å². The number of hydrogen-bond acceptors (Lipinski definition) is 4. The maximum absolute atomic E-state index is 12.4. The Balaban J connectivity index is 2.04. The zero-order valence-electron chi connectivity index (χ0n) is 16.2. The van der Waals surface area contributed by atoms with Crippen molar-refractivity contribution in [3.05, 3.63) is 54.1 Å². The van der Waals surface area contributed by atoms with Crippen molar-refractivity contribution in [2.24, 2.45) is 0 Å². The van der Waals surface area contributed by atoms with Crippen LogP contribution in [0.3, 0.4) is 0 Å². The van der Waals surface area contributed by atoms with Gasteiger partial charge in [-0.05, 0) is 61.9 Å². The van der Waals surface area contributed by atoms with Crippen molar-refractivity contribution in [3.63, 3.8) is 0 Å². The van der Waals surface area contributed by atoms with Gasteiger partial charge in [0.25, 0.3) is 5.91 Å². The number of amides is 2. The van der Waals surface area contributed by atoms with E-state index in [1.807, 2.05) is 6.92 Å². The molecule has 1 unspecified atom stereocenters. The Bertz CT molecular complexity index is 923. The summed E-state index contributed by atoms with van der Waals surface area (Å²) in [6.45, 7) is 5.45. The molecule has 7 nitrogen and oxygen atoms in total. The smallest absolute Gasteiger partial charge is 0.255 e. The topological polar surface area (TPSA) is 104 Å². The summed E-state index contributed by atoms with van der Waals surface area (Å²) in [4.78, 5) is 23.8. The third-order valence-electron chi connectivity index (χ3n) is 4.14. The van der Waals surface area contributed by atoms with Crippen molar-refractivity contribution >= 4 is 33.2 Å². The normalized spacial score (nSPS) is 12.2. The summed E-state index contributed by atoms with van der Waals surface area (Å²) >= 11 is 0. The van der Waals surface area contributed by atoms with Crippen molar-refractivity contribution in [2.45, 2.75) is 44.6 Å². The molecule has 2 aromatic carbocycles. The van der Waals surface area contributed by atoms with E-state index in [1.54, 1.807) is 38.1 Å². The number of hydrogen-bond donors (Lipinski definition) is 3. The average Bonchev–Trinajstić information content (AvgIpc) is 2.69. The van der Waals surface area contributed by atoms with Crippen LogP contribution in [0.5, 0.6) is 0 Å². The van der Waals surface area contributed by atoms with Crippen LogP contribution >= 0.6 is 0 Å². The fourth-order valence-electron chi connectivity index (χ4n) is 2.29. The van der Waals surface area contributed by atoms with E-state index < -0.39 is 10.0 Å². The van der Waals surface area contributed by atoms with Gasteiger partial charge in [0, 0.05) is 29.4 Å². The van der Waals surface area contributed by atoms with Gasteiger partial charge in [0.2, 0.25) is 15.9 Å². The molecule has 0 radical (unpaired) electrons. The van der Waals surface area contributed by atoms with Gasteiger partial charge in [0.05, 0.1) is 4.90 Å². The monoisotopic (exact) mass is 403 g/mol. The number of carbonyl (C=O) groups excluding carboxylic acids is 2. The number of sulfonamides is 1. The highest BCUT2D eigenvalue weighted by Crippen LogP contribution is 2.16. The number of anilines is 2. The molecule has 2 rings (SSSR count). The van der Waals surface area contributed by atoms with E-state index in [9.17, 15) is 18.0 Å². The Morgan fingerprint density at radius 1 is 0.893 bits per heavy atom. The number of nitrogens with one attached hydrogen (secondary N) is 3. The summed E-state index contributed by atoms with van der Waals surface area (Å²) in [6, 6.07) is 12.3. The van der Waals surface area contributed by atoms with Crippen molar-refractivity contribution < 1.29 is 18.0 Å². The lowest BCUT2D eigenvalue weighted by molar-refractivity contribution is -0.115. The van der Waals surface area contributed by atoms with Crippen LogP contribution in [0, 0.1) is 0 Å². The van der Waals surface area contributed by atoms with Crippen LogP contribution in [0.25, 0.3) is 0 Å². The summed E-state index contributed by atoms with van der Waals surface area (Å²) in [6.07, 6.45) is 1.07. The molecule has 0 spiro atoms. The van der Waals surface area contributed by atoms with Gasteiger partial charge in [-0.1, -0.05) is 13.8 Å². The molecule has 2 amide bonds. The van der Waals surface area contributed by atoms with E-state index in [-0.39, 0.29) is 22.8 Å². The molecular weight excluding hydrogens is 378 g/mol. The molecule has 8 heteroatoms. The predicted octanol–water partition coefficient (Wildman–Crippen LogP) is 3.36. The third-order valence-corrected chi connectivity index (χ3v) is 5.75. The second-order valence-electron chi connectivity index (χ2n) is 6.39. The number of carbonyl (C=O) groups is 2. The van der Waals surface area contributed by atoms with Crippen molar-refractivity contribution in [1.82, 2.24) is 4.72 Å². The summed E-state index contributed by atoms with van der Waals surface area (Å²) < 4.78 is 27.1. The minimum Gasteiger partial charge on any atom is -0.326 e. The average molecular weight is 404 g/mol. The van der Waals surface area contributed by atoms with Crippen molar-refractivity contribution in [1.29, 1.82) is 0 Å². The molecule has 0 bridgehead atoms. The van der Waals surface area contributed by atoms with E-state index in [1.165, 1.54) is 24.3 Å². The van der Waals surface area contributed by atoms with Gasteiger partial charge in [-0.15, -0.1) is 0 Å². The molecule has 150 valence electrons. The summed E-state index contributed by atoms with van der Waals surface area (Å²) in [7, 11) is -3.61. The Labute approximate surface area is 165 Å². The minimum atomic E-state index is -3.61. The SMILES string of the molecule is CCC(=O)Nc1ccc(NC(=O)c2ccc(S(=O)(=O)NC(C)CC)cc2)cc1. The Morgan fingerprint density at radius 2 is 1.43 bits per heavy atom. The molecule has 0 saturated carbocycles. The van der Waals surface area contributed by atoms with E-state index in [2.05, 4.69) is 15.4 Å². The van der Waals surface area contributed by atoms with E-state index in [0.717, 1.165) is 0 Å². The maximum atomic E-state index is 12.4. The first-order valence-electron chi connectivity index (χ1n) is 9.08. The Morgan fingerprint density at radius 3 is 1.93 bits per heavy atom. The molecule has 0 fully saturated rings. The first-order chi connectivity index (χ1) is 13.2. The van der Waals surface area contributed by atoms with Crippen LogP contribution in [-0.2, 0) is 14.8 Å². The molecule has 2 aromatic rings. The lowest BCUT2D eigenvalue weighted by atomic mass is 10.2. The third kappa shape index (κ3) is 5.90.